The molecule has 0 spiro atoms. The minimum Gasteiger partial charge on any atom is -0.456 e. The molecule has 0 N–H and O–H groups in total. The van der Waals surface area contributed by atoms with Gasteiger partial charge in [-0.2, -0.15) is 0 Å². The van der Waals surface area contributed by atoms with E-state index >= 15 is 0 Å². The topological polar surface area (TPSA) is 42.4 Å². The highest BCUT2D eigenvalue weighted by Gasteiger charge is 2.21. The van der Waals surface area contributed by atoms with E-state index in [-0.39, 0.29) is 0 Å². The molecule has 0 amide bonds. The summed E-state index contributed by atoms with van der Waals surface area (Å²) >= 11 is 1.83. The third kappa shape index (κ3) is 4.25. The number of hydrogen-bond acceptors (Lipinski definition) is 5. The van der Waals surface area contributed by atoms with E-state index in [9.17, 15) is 0 Å². The van der Waals surface area contributed by atoms with Gasteiger partial charge >= 0.3 is 0 Å². The van der Waals surface area contributed by atoms with Gasteiger partial charge in [0.15, 0.2) is 5.58 Å². The molecule has 0 aliphatic carbocycles. The molecule has 0 atom stereocenters. The Bertz CT molecular complexity index is 2790. The van der Waals surface area contributed by atoms with Gasteiger partial charge in [0.2, 0.25) is 5.89 Å². The van der Waals surface area contributed by atoms with Gasteiger partial charge in [-0.1, -0.05) is 91.0 Å². The zero-order chi connectivity index (χ0) is 31.6. The SMILES string of the molecule is c1ccc(-c2nc3c(ccc4oc5cc(N(c6ccc7c(c6)sc6ccccc67)c6ccccc6-c6ccccc6)ccc5c43)o2)cc1. The fraction of sp³-hybridized carbons (Fsp3) is 0. The molecule has 48 heavy (non-hydrogen) atoms. The number of hydrogen-bond donors (Lipinski definition) is 0. The molecule has 5 heteroatoms. The van der Waals surface area contributed by atoms with Crippen molar-refractivity contribution in [2.75, 3.05) is 4.90 Å². The molecule has 0 fully saturated rings. The second-order valence-corrected chi connectivity index (χ2v) is 13.0. The van der Waals surface area contributed by atoms with Gasteiger partial charge in [-0.25, -0.2) is 4.98 Å². The lowest BCUT2D eigenvalue weighted by molar-refractivity contribution is 0.619. The first-order chi connectivity index (χ1) is 23.8. The van der Waals surface area contributed by atoms with Crippen molar-refractivity contribution in [3.63, 3.8) is 0 Å². The minimum atomic E-state index is 0.601. The number of nitrogens with zero attached hydrogens (tertiary/aromatic N) is 2. The van der Waals surface area contributed by atoms with Crippen molar-refractivity contribution < 1.29 is 8.83 Å². The first-order valence-electron chi connectivity index (χ1n) is 16.0. The fourth-order valence-electron chi connectivity index (χ4n) is 6.90. The average Bonchev–Trinajstić information content (AvgIpc) is 3.85. The van der Waals surface area contributed by atoms with Gasteiger partial charge in [0.1, 0.15) is 16.7 Å². The van der Waals surface area contributed by atoms with Crippen molar-refractivity contribution in [1.29, 1.82) is 0 Å². The van der Waals surface area contributed by atoms with Crippen LogP contribution in [0.3, 0.4) is 0 Å². The number of para-hydroxylation sites is 1. The molecule has 3 heterocycles. The van der Waals surface area contributed by atoms with Crippen molar-refractivity contribution in [3.8, 4) is 22.6 Å². The van der Waals surface area contributed by atoms with Crippen LogP contribution >= 0.6 is 11.3 Å². The first kappa shape index (κ1) is 27.0. The Morgan fingerprint density at radius 2 is 1.15 bits per heavy atom. The Kier molecular flexibility index (Phi) is 6.01. The fourth-order valence-corrected chi connectivity index (χ4v) is 8.03. The van der Waals surface area contributed by atoms with Crippen molar-refractivity contribution in [2.45, 2.75) is 0 Å². The van der Waals surface area contributed by atoms with Crippen molar-refractivity contribution in [3.05, 3.63) is 158 Å². The van der Waals surface area contributed by atoms with Gasteiger partial charge in [-0.15, -0.1) is 11.3 Å². The molecular formula is C43H26N2O2S. The Labute approximate surface area is 279 Å². The highest BCUT2D eigenvalue weighted by Crippen LogP contribution is 2.45. The molecule has 0 unspecified atom stereocenters. The van der Waals surface area contributed by atoms with Gasteiger partial charge in [0, 0.05) is 54.1 Å². The van der Waals surface area contributed by atoms with E-state index < -0.39 is 0 Å². The zero-order valence-corrected chi connectivity index (χ0v) is 26.4. The number of thiophene rings is 1. The molecule has 4 nitrogen and oxygen atoms in total. The molecule has 0 saturated carbocycles. The Hall–Kier alpha value is -6.17. The molecule has 3 aromatic heterocycles. The van der Waals surface area contributed by atoms with Crippen LogP contribution in [0.25, 0.3) is 75.8 Å². The summed E-state index contributed by atoms with van der Waals surface area (Å²) in [5, 5.41) is 4.53. The van der Waals surface area contributed by atoms with Gasteiger partial charge in [0.05, 0.1) is 11.1 Å². The van der Waals surface area contributed by atoms with Gasteiger partial charge in [0.25, 0.3) is 0 Å². The number of aromatic nitrogens is 1. The van der Waals surface area contributed by atoms with E-state index in [4.69, 9.17) is 13.8 Å². The molecule has 10 aromatic rings. The van der Waals surface area contributed by atoms with Crippen molar-refractivity contribution in [1.82, 2.24) is 4.98 Å². The monoisotopic (exact) mass is 634 g/mol. The quantitative estimate of drug-likeness (QED) is 0.189. The van der Waals surface area contributed by atoms with Crippen molar-refractivity contribution in [2.24, 2.45) is 0 Å². The second kappa shape index (κ2) is 10.7. The largest absolute Gasteiger partial charge is 0.456 e. The summed E-state index contributed by atoms with van der Waals surface area (Å²) < 4.78 is 15.3. The summed E-state index contributed by atoms with van der Waals surface area (Å²) in [6.45, 7) is 0. The van der Waals surface area contributed by atoms with Crippen LogP contribution in [0.5, 0.6) is 0 Å². The Morgan fingerprint density at radius 1 is 0.479 bits per heavy atom. The van der Waals surface area contributed by atoms with E-state index in [2.05, 4.69) is 120 Å². The number of oxazole rings is 1. The van der Waals surface area contributed by atoms with Crippen LogP contribution in [-0.2, 0) is 0 Å². The van der Waals surface area contributed by atoms with E-state index in [1.807, 2.05) is 53.8 Å². The molecule has 0 aliphatic heterocycles. The van der Waals surface area contributed by atoms with Gasteiger partial charge in [-0.05, 0) is 66.2 Å². The summed E-state index contributed by atoms with van der Waals surface area (Å²) in [6.07, 6.45) is 0. The number of benzene rings is 7. The van der Waals surface area contributed by atoms with Gasteiger partial charge < -0.3 is 13.7 Å². The van der Waals surface area contributed by atoms with Crippen LogP contribution in [0.1, 0.15) is 0 Å². The van der Waals surface area contributed by atoms with Crippen molar-refractivity contribution >= 4 is 81.6 Å². The maximum atomic E-state index is 6.56. The minimum absolute atomic E-state index is 0.601. The maximum absolute atomic E-state index is 6.56. The lowest BCUT2D eigenvalue weighted by atomic mass is 10.0. The molecule has 0 aliphatic rings. The summed E-state index contributed by atoms with van der Waals surface area (Å²) in [7, 11) is 0. The normalized spacial score (nSPS) is 11.8. The van der Waals surface area contributed by atoms with E-state index in [1.165, 1.54) is 20.2 Å². The van der Waals surface area contributed by atoms with Crippen LogP contribution in [-0.4, -0.2) is 4.98 Å². The van der Waals surface area contributed by atoms with E-state index in [0.717, 1.165) is 66.8 Å². The van der Waals surface area contributed by atoms with E-state index in [1.54, 1.807) is 0 Å². The van der Waals surface area contributed by atoms with Crippen LogP contribution in [0.2, 0.25) is 0 Å². The third-order valence-corrected chi connectivity index (χ3v) is 10.2. The third-order valence-electron chi connectivity index (χ3n) is 9.11. The smallest absolute Gasteiger partial charge is 0.227 e. The number of anilines is 3. The van der Waals surface area contributed by atoms with Crippen LogP contribution in [0.4, 0.5) is 17.1 Å². The Morgan fingerprint density at radius 3 is 2.00 bits per heavy atom. The second-order valence-electron chi connectivity index (χ2n) is 12.0. The van der Waals surface area contributed by atoms with Gasteiger partial charge in [-0.3, -0.25) is 0 Å². The molecular weight excluding hydrogens is 609 g/mol. The van der Waals surface area contributed by atoms with Crippen LogP contribution < -0.4 is 4.90 Å². The lowest BCUT2D eigenvalue weighted by Crippen LogP contribution is -2.11. The average molecular weight is 635 g/mol. The number of furan rings is 1. The molecule has 0 saturated heterocycles. The summed E-state index contributed by atoms with van der Waals surface area (Å²) in [4.78, 5) is 7.29. The highest BCUT2D eigenvalue weighted by molar-refractivity contribution is 7.25. The maximum Gasteiger partial charge on any atom is 0.227 e. The lowest BCUT2D eigenvalue weighted by Gasteiger charge is -2.28. The molecule has 7 aromatic carbocycles. The number of rotatable bonds is 5. The summed E-state index contributed by atoms with van der Waals surface area (Å²) in [5.74, 6) is 0.601. The zero-order valence-electron chi connectivity index (χ0n) is 25.6. The molecule has 0 radical (unpaired) electrons. The predicted molar refractivity (Wildman–Crippen MR) is 200 cm³/mol. The molecule has 0 bridgehead atoms. The molecule has 226 valence electrons. The number of fused-ring (bicyclic) bond motifs is 8. The summed E-state index contributed by atoms with van der Waals surface area (Å²) in [5.41, 5.74) is 9.56. The first-order valence-corrected chi connectivity index (χ1v) is 16.8. The summed E-state index contributed by atoms with van der Waals surface area (Å²) in [6, 6.07) is 55.1. The van der Waals surface area contributed by atoms with E-state index in [0.29, 0.717) is 5.89 Å². The molecule has 10 rings (SSSR count). The van der Waals surface area contributed by atoms with Crippen LogP contribution in [0, 0.1) is 0 Å². The standard InChI is InChI=1S/C43H26N2O2S/c1-3-11-27(12-4-1)31-15-7-9-17-35(31)45(30-19-21-33-32-16-8-10-18-39(32)48-40(33)26-30)29-20-22-34-38(25-29)46-36-23-24-37-42(41(34)36)44-43(47-37)28-13-5-2-6-14-28/h1-26H. The van der Waals surface area contributed by atoms with Crippen LogP contribution in [0.15, 0.2) is 167 Å². The Balaban J connectivity index is 1.19. The highest BCUT2D eigenvalue weighted by atomic mass is 32.1. The predicted octanol–water partition coefficient (Wildman–Crippen LogP) is 12.9.